The van der Waals surface area contributed by atoms with Crippen molar-refractivity contribution >= 4 is 23.0 Å². The van der Waals surface area contributed by atoms with E-state index in [0.29, 0.717) is 11.5 Å². The van der Waals surface area contributed by atoms with E-state index in [0.717, 1.165) is 29.6 Å². The van der Waals surface area contributed by atoms with Crippen molar-refractivity contribution in [2.75, 3.05) is 5.32 Å². The molecule has 2 rings (SSSR count). The van der Waals surface area contributed by atoms with E-state index < -0.39 is 0 Å². The van der Waals surface area contributed by atoms with E-state index in [4.69, 9.17) is 0 Å². The van der Waals surface area contributed by atoms with Crippen LogP contribution in [0.15, 0.2) is 12.4 Å². The first-order chi connectivity index (χ1) is 9.08. The number of hydrogen-bond acceptors (Lipinski definition) is 4. The van der Waals surface area contributed by atoms with Crippen molar-refractivity contribution in [3.8, 4) is 0 Å². The minimum atomic E-state index is 0.272. The van der Waals surface area contributed by atoms with Gasteiger partial charge in [0.2, 0.25) is 0 Å². The Balaban J connectivity index is 2.54. The summed E-state index contributed by atoms with van der Waals surface area (Å²) in [5.74, 6) is 0.476. The Kier molecular flexibility index (Phi) is 3.83. The molecule has 5 heteroatoms. The number of nitrogens with one attached hydrogen (secondary N) is 1. The standard InChI is InChI=1S/C14H20N4O/c1-5-18-14-12(7-16-18)13(11(8-19)6-15-14)17-10(4)9(2)3/h6-10H,5H2,1-4H3,(H,15,17)/t10-/m0/s1. The summed E-state index contributed by atoms with van der Waals surface area (Å²) in [4.78, 5) is 15.5. The molecule has 0 radical (unpaired) electrons. The predicted octanol–water partition coefficient (Wildman–Crippen LogP) is 2.72. The van der Waals surface area contributed by atoms with E-state index >= 15 is 0 Å². The second kappa shape index (κ2) is 5.38. The predicted molar refractivity (Wildman–Crippen MR) is 76.5 cm³/mol. The van der Waals surface area contributed by atoms with Gasteiger partial charge in [-0.05, 0) is 19.8 Å². The van der Waals surface area contributed by atoms with Crippen LogP contribution in [-0.4, -0.2) is 27.1 Å². The monoisotopic (exact) mass is 260 g/mol. The number of aromatic nitrogens is 3. The van der Waals surface area contributed by atoms with Crippen LogP contribution in [0, 0.1) is 5.92 Å². The van der Waals surface area contributed by atoms with Gasteiger partial charge in [-0.3, -0.25) is 4.79 Å². The summed E-state index contributed by atoms with van der Waals surface area (Å²) in [6.45, 7) is 9.18. The fraction of sp³-hybridized carbons (Fsp3) is 0.500. The molecule has 0 saturated carbocycles. The van der Waals surface area contributed by atoms with Crippen molar-refractivity contribution in [1.29, 1.82) is 0 Å². The highest BCUT2D eigenvalue weighted by molar-refractivity contribution is 5.98. The van der Waals surface area contributed by atoms with Gasteiger partial charge >= 0.3 is 0 Å². The van der Waals surface area contributed by atoms with E-state index in [1.165, 1.54) is 0 Å². The number of nitrogens with zero attached hydrogens (tertiary/aromatic N) is 3. The first-order valence-electron chi connectivity index (χ1n) is 6.64. The number of pyridine rings is 1. The molecule has 2 aromatic heterocycles. The number of aryl methyl sites for hydroxylation is 1. The van der Waals surface area contributed by atoms with Crippen molar-refractivity contribution in [2.45, 2.75) is 40.3 Å². The Bertz CT molecular complexity index is 588. The van der Waals surface area contributed by atoms with Crippen LogP contribution in [0.4, 0.5) is 5.69 Å². The molecular formula is C14H20N4O. The fourth-order valence-corrected chi connectivity index (χ4v) is 1.92. The number of carbonyl (C=O) groups is 1. The van der Waals surface area contributed by atoms with Gasteiger partial charge in [0.25, 0.3) is 0 Å². The molecule has 0 aliphatic heterocycles. The van der Waals surface area contributed by atoms with Crippen molar-refractivity contribution in [3.63, 3.8) is 0 Å². The molecule has 0 unspecified atom stereocenters. The number of fused-ring (bicyclic) bond motifs is 1. The third-order valence-electron chi connectivity index (χ3n) is 3.49. The molecule has 0 spiro atoms. The van der Waals surface area contributed by atoms with Crippen molar-refractivity contribution < 1.29 is 4.79 Å². The maximum atomic E-state index is 11.2. The quantitative estimate of drug-likeness (QED) is 0.840. The van der Waals surface area contributed by atoms with Gasteiger partial charge in [0.1, 0.15) is 0 Å². The molecule has 0 fully saturated rings. The molecule has 19 heavy (non-hydrogen) atoms. The lowest BCUT2D eigenvalue weighted by Gasteiger charge is -2.20. The van der Waals surface area contributed by atoms with E-state index in [2.05, 4.69) is 36.2 Å². The SMILES string of the molecule is CCn1ncc2c(N[C@@H](C)C(C)C)c(C=O)cnc21. The number of rotatable bonds is 5. The Hall–Kier alpha value is -1.91. The Morgan fingerprint density at radius 3 is 2.68 bits per heavy atom. The number of aldehydes is 1. The van der Waals surface area contributed by atoms with Gasteiger partial charge in [0, 0.05) is 18.8 Å². The van der Waals surface area contributed by atoms with Crippen LogP contribution < -0.4 is 5.32 Å². The molecule has 0 amide bonds. The number of hydrogen-bond donors (Lipinski definition) is 1. The summed E-state index contributed by atoms with van der Waals surface area (Å²) in [7, 11) is 0. The van der Waals surface area contributed by atoms with Gasteiger partial charge in [0.15, 0.2) is 11.9 Å². The lowest BCUT2D eigenvalue weighted by Crippen LogP contribution is -2.22. The zero-order chi connectivity index (χ0) is 14.0. The number of anilines is 1. The summed E-state index contributed by atoms with van der Waals surface area (Å²) in [6.07, 6.45) is 4.22. The summed E-state index contributed by atoms with van der Waals surface area (Å²) in [5.41, 5.74) is 2.23. The van der Waals surface area contributed by atoms with Gasteiger partial charge in [0.05, 0.1) is 22.8 Å². The molecule has 0 saturated heterocycles. The molecule has 1 N–H and O–H groups in total. The van der Waals surface area contributed by atoms with E-state index in [9.17, 15) is 4.79 Å². The molecule has 102 valence electrons. The molecule has 2 aromatic rings. The maximum Gasteiger partial charge on any atom is 0.159 e. The zero-order valence-electron chi connectivity index (χ0n) is 11.8. The molecule has 0 aromatic carbocycles. The van der Waals surface area contributed by atoms with Crippen LogP contribution in [0.25, 0.3) is 11.0 Å². The molecule has 2 heterocycles. The third-order valence-corrected chi connectivity index (χ3v) is 3.49. The van der Waals surface area contributed by atoms with Gasteiger partial charge in [-0.1, -0.05) is 13.8 Å². The first kappa shape index (κ1) is 13.5. The van der Waals surface area contributed by atoms with Crippen LogP contribution in [0.5, 0.6) is 0 Å². The Labute approximate surface area is 113 Å². The van der Waals surface area contributed by atoms with Crippen LogP contribution >= 0.6 is 0 Å². The highest BCUT2D eigenvalue weighted by Crippen LogP contribution is 2.26. The lowest BCUT2D eigenvalue weighted by atomic mass is 10.1. The largest absolute Gasteiger partial charge is 0.381 e. The van der Waals surface area contributed by atoms with Crippen LogP contribution in [0.1, 0.15) is 38.1 Å². The van der Waals surface area contributed by atoms with Crippen LogP contribution in [0.2, 0.25) is 0 Å². The molecule has 1 atom stereocenters. The van der Waals surface area contributed by atoms with Crippen molar-refractivity contribution in [3.05, 3.63) is 18.0 Å². The van der Waals surface area contributed by atoms with Crippen molar-refractivity contribution in [1.82, 2.24) is 14.8 Å². The van der Waals surface area contributed by atoms with Crippen LogP contribution in [0.3, 0.4) is 0 Å². The van der Waals surface area contributed by atoms with Crippen molar-refractivity contribution in [2.24, 2.45) is 5.92 Å². The van der Waals surface area contributed by atoms with Gasteiger partial charge in [-0.2, -0.15) is 5.10 Å². The molecule has 0 aliphatic rings. The maximum absolute atomic E-state index is 11.2. The zero-order valence-corrected chi connectivity index (χ0v) is 11.8. The fourth-order valence-electron chi connectivity index (χ4n) is 1.92. The molecule has 0 aliphatic carbocycles. The minimum absolute atomic E-state index is 0.272. The van der Waals surface area contributed by atoms with Crippen LogP contribution in [-0.2, 0) is 6.54 Å². The average Bonchev–Trinajstić information content (AvgIpc) is 2.82. The van der Waals surface area contributed by atoms with Gasteiger partial charge < -0.3 is 5.32 Å². The van der Waals surface area contributed by atoms with E-state index in [1.807, 2.05) is 11.6 Å². The Morgan fingerprint density at radius 2 is 2.11 bits per heavy atom. The summed E-state index contributed by atoms with van der Waals surface area (Å²) in [5, 5.41) is 8.62. The first-order valence-corrected chi connectivity index (χ1v) is 6.64. The summed E-state index contributed by atoms with van der Waals surface area (Å²) < 4.78 is 1.83. The Morgan fingerprint density at radius 1 is 1.37 bits per heavy atom. The average molecular weight is 260 g/mol. The third kappa shape index (κ3) is 2.45. The lowest BCUT2D eigenvalue weighted by molar-refractivity contribution is 0.112. The van der Waals surface area contributed by atoms with E-state index in [1.54, 1.807) is 12.4 Å². The summed E-state index contributed by atoms with van der Waals surface area (Å²) in [6, 6.07) is 0.272. The molecular weight excluding hydrogens is 240 g/mol. The highest BCUT2D eigenvalue weighted by atomic mass is 16.1. The smallest absolute Gasteiger partial charge is 0.159 e. The second-order valence-corrected chi connectivity index (χ2v) is 5.08. The second-order valence-electron chi connectivity index (χ2n) is 5.08. The highest BCUT2D eigenvalue weighted by Gasteiger charge is 2.15. The normalized spacial score (nSPS) is 12.9. The minimum Gasteiger partial charge on any atom is -0.381 e. The molecule has 0 bridgehead atoms. The number of carbonyl (C=O) groups excluding carboxylic acids is 1. The van der Waals surface area contributed by atoms with Gasteiger partial charge in [-0.15, -0.1) is 0 Å². The van der Waals surface area contributed by atoms with E-state index in [-0.39, 0.29) is 6.04 Å². The molecule has 5 nitrogen and oxygen atoms in total. The van der Waals surface area contributed by atoms with Gasteiger partial charge in [-0.25, -0.2) is 9.67 Å². The summed E-state index contributed by atoms with van der Waals surface area (Å²) >= 11 is 0. The topological polar surface area (TPSA) is 59.8 Å².